The minimum Gasteiger partial charge on any atom is -0.343 e. The highest BCUT2D eigenvalue weighted by molar-refractivity contribution is 5.45. The molecule has 0 amide bonds. The van der Waals surface area contributed by atoms with Crippen molar-refractivity contribution in [3.8, 4) is 0 Å². The zero-order valence-electron chi connectivity index (χ0n) is 7.73. The molecule has 1 nitrogen and oxygen atoms in total. The van der Waals surface area contributed by atoms with Gasteiger partial charge in [0.15, 0.2) is 0 Å². The summed E-state index contributed by atoms with van der Waals surface area (Å²) in [5.41, 5.74) is 4.79. The Morgan fingerprint density at radius 1 is 1.36 bits per heavy atom. The van der Waals surface area contributed by atoms with Crippen LogP contribution in [-0.2, 0) is 12.0 Å². The minimum absolute atomic E-state index is 0.272. The first-order valence-corrected chi connectivity index (χ1v) is 4.21. The van der Waals surface area contributed by atoms with E-state index in [4.69, 9.17) is 0 Å². The third kappa shape index (κ3) is 0.907. The number of rotatable bonds is 0. The molecular weight excluding hydrogens is 134 g/mol. The van der Waals surface area contributed by atoms with Crippen LogP contribution >= 0.6 is 0 Å². The van der Waals surface area contributed by atoms with Crippen molar-refractivity contribution in [3.05, 3.63) is 23.0 Å². The predicted molar refractivity (Wildman–Crippen MR) is 47.0 cm³/mol. The Morgan fingerprint density at radius 3 is 2.27 bits per heavy atom. The molecule has 0 aliphatic heterocycles. The van der Waals surface area contributed by atoms with E-state index in [-0.39, 0.29) is 5.54 Å². The van der Waals surface area contributed by atoms with Gasteiger partial charge in [-0.05, 0) is 39.3 Å². The van der Waals surface area contributed by atoms with Gasteiger partial charge in [0.25, 0.3) is 0 Å². The summed E-state index contributed by atoms with van der Waals surface area (Å²) in [7, 11) is 0. The van der Waals surface area contributed by atoms with E-state index in [1.807, 2.05) is 0 Å². The lowest BCUT2D eigenvalue weighted by atomic mass is 10.1. The maximum absolute atomic E-state index is 2.45. The Kier molecular flexibility index (Phi) is 1.08. The molecule has 0 unspecified atom stereocenters. The zero-order valence-corrected chi connectivity index (χ0v) is 7.73. The Labute approximate surface area is 68.0 Å². The molecule has 0 N–H and O–H groups in total. The quantitative estimate of drug-likeness (QED) is 0.542. The van der Waals surface area contributed by atoms with Crippen LogP contribution in [0.1, 0.15) is 37.7 Å². The van der Waals surface area contributed by atoms with Gasteiger partial charge in [0, 0.05) is 23.3 Å². The molecule has 1 aromatic heterocycles. The zero-order chi connectivity index (χ0) is 8.22. The highest BCUT2D eigenvalue weighted by Gasteiger charge is 2.29. The highest BCUT2D eigenvalue weighted by Crippen LogP contribution is 2.35. The highest BCUT2D eigenvalue weighted by atomic mass is 15.1. The molecule has 1 aromatic rings. The third-order valence-electron chi connectivity index (χ3n) is 2.28. The summed E-state index contributed by atoms with van der Waals surface area (Å²) in [5.74, 6) is 0. The smallest absolute Gasteiger partial charge is 0.0361 e. The van der Waals surface area contributed by atoms with Crippen LogP contribution in [0.15, 0.2) is 6.07 Å². The van der Waals surface area contributed by atoms with Crippen LogP contribution in [0, 0.1) is 6.92 Å². The van der Waals surface area contributed by atoms with Crippen LogP contribution in [0.3, 0.4) is 0 Å². The van der Waals surface area contributed by atoms with E-state index in [9.17, 15) is 0 Å². The maximum atomic E-state index is 2.45. The van der Waals surface area contributed by atoms with Crippen molar-refractivity contribution >= 4 is 0 Å². The molecule has 11 heavy (non-hydrogen) atoms. The molecule has 1 aliphatic rings. The number of nitrogens with zero attached hydrogens (tertiary/aromatic N) is 1. The average molecular weight is 149 g/mol. The first kappa shape index (κ1) is 6.96. The topological polar surface area (TPSA) is 4.93 Å². The van der Waals surface area contributed by atoms with E-state index in [0.29, 0.717) is 0 Å². The summed E-state index contributed by atoms with van der Waals surface area (Å²) in [5, 5.41) is 0. The van der Waals surface area contributed by atoms with Crippen LogP contribution in [0.5, 0.6) is 0 Å². The molecule has 0 atom stereocenters. The molecule has 1 aliphatic carbocycles. The SMILES string of the molecule is Cc1cc2c(n1C(C)(C)C)C2. The molecule has 0 saturated carbocycles. The number of hydrogen-bond donors (Lipinski definition) is 0. The summed E-state index contributed by atoms with van der Waals surface area (Å²) < 4.78 is 2.45. The first-order valence-electron chi connectivity index (χ1n) is 4.21. The van der Waals surface area contributed by atoms with Crippen LogP contribution in [0.4, 0.5) is 0 Å². The van der Waals surface area contributed by atoms with Gasteiger partial charge in [-0.2, -0.15) is 0 Å². The van der Waals surface area contributed by atoms with Crippen LogP contribution in [0.25, 0.3) is 0 Å². The van der Waals surface area contributed by atoms with Crippen molar-refractivity contribution in [3.63, 3.8) is 0 Å². The fourth-order valence-electron chi connectivity index (χ4n) is 1.96. The predicted octanol–water partition coefficient (Wildman–Crippen LogP) is 2.46. The molecule has 60 valence electrons. The van der Waals surface area contributed by atoms with Crippen molar-refractivity contribution < 1.29 is 0 Å². The molecule has 1 heterocycles. The summed E-state index contributed by atoms with van der Waals surface area (Å²) >= 11 is 0. The molecule has 0 saturated heterocycles. The van der Waals surface area contributed by atoms with Gasteiger partial charge in [-0.1, -0.05) is 0 Å². The molecule has 0 fully saturated rings. The lowest BCUT2D eigenvalue weighted by molar-refractivity contribution is 0.386. The van der Waals surface area contributed by atoms with Crippen LogP contribution < -0.4 is 0 Å². The van der Waals surface area contributed by atoms with E-state index in [1.54, 1.807) is 11.3 Å². The maximum Gasteiger partial charge on any atom is 0.0361 e. The van der Waals surface area contributed by atoms with Crippen LogP contribution in [-0.4, -0.2) is 4.57 Å². The largest absolute Gasteiger partial charge is 0.343 e. The molecular formula is C10H15N. The molecule has 0 aromatic carbocycles. The van der Waals surface area contributed by atoms with Gasteiger partial charge >= 0.3 is 0 Å². The number of aryl methyl sites for hydroxylation is 1. The molecule has 2 rings (SSSR count). The molecule has 0 radical (unpaired) electrons. The standard InChI is InChI=1S/C10H15N/c1-7-5-8-6-9(8)11(7)10(2,3)4/h5H,6H2,1-4H3. The second-order valence-electron chi connectivity index (χ2n) is 4.44. The minimum atomic E-state index is 0.272. The van der Waals surface area contributed by atoms with Gasteiger partial charge in [-0.25, -0.2) is 0 Å². The number of hydrogen-bond acceptors (Lipinski definition) is 0. The van der Waals surface area contributed by atoms with Crippen molar-refractivity contribution in [1.29, 1.82) is 0 Å². The van der Waals surface area contributed by atoms with E-state index in [1.165, 1.54) is 12.1 Å². The van der Waals surface area contributed by atoms with Gasteiger partial charge in [0.05, 0.1) is 0 Å². The normalized spacial score (nSPS) is 14.9. The lowest BCUT2D eigenvalue weighted by Gasteiger charge is -2.24. The van der Waals surface area contributed by atoms with Gasteiger partial charge < -0.3 is 4.57 Å². The molecule has 1 heteroatoms. The van der Waals surface area contributed by atoms with Gasteiger partial charge in [-0.3, -0.25) is 0 Å². The van der Waals surface area contributed by atoms with Gasteiger partial charge in [0.1, 0.15) is 0 Å². The van der Waals surface area contributed by atoms with Crippen LogP contribution in [0.2, 0.25) is 0 Å². The van der Waals surface area contributed by atoms with E-state index >= 15 is 0 Å². The monoisotopic (exact) mass is 149 g/mol. The first-order chi connectivity index (χ1) is 5.00. The lowest BCUT2D eigenvalue weighted by Crippen LogP contribution is -2.23. The summed E-state index contributed by atoms with van der Waals surface area (Å²) in [6.45, 7) is 8.98. The summed E-state index contributed by atoms with van der Waals surface area (Å²) in [4.78, 5) is 0. The number of aromatic nitrogens is 1. The average Bonchev–Trinajstić information content (AvgIpc) is 2.38. The fraction of sp³-hybridized carbons (Fsp3) is 0.600. The summed E-state index contributed by atoms with van der Waals surface area (Å²) in [6.07, 6.45) is 1.23. The Morgan fingerprint density at radius 2 is 2.00 bits per heavy atom. The second kappa shape index (κ2) is 1.71. The van der Waals surface area contributed by atoms with E-state index in [0.717, 1.165) is 0 Å². The number of fused-ring (bicyclic) bond motifs is 1. The van der Waals surface area contributed by atoms with E-state index < -0.39 is 0 Å². The Hall–Kier alpha value is -0.720. The Bertz CT molecular complexity index is 296. The van der Waals surface area contributed by atoms with Crippen molar-refractivity contribution in [2.45, 2.75) is 39.7 Å². The third-order valence-corrected chi connectivity index (χ3v) is 2.28. The second-order valence-corrected chi connectivity index (χ2v) is 4.44. The molecule has 0 bridgehead atoms. The van der Waals surface area contributed by atoms with Gasteiger partial charge in [-0.15, -0.1) is 0 Å². The van der Waals surface area contributed by atoms with Crippen molar-refractivity contribution in [1.82, 2.24) is 4.57 Å². The van der Waals surface area contributed by atoms with Crippen molar-refractivity contribution in [2.24, 2.45) is 0 Å². The van der Waals surface area contributed by atoms with Gasteiger partial charge in [0.2, 0.25) is 0 Å². The molecule has 0 spiro atoms. The van der Waals surface area contributed by atoms with Crippen molar-refractivity contribution in [2.75, 3.05) is 0 Å². The summed E-state index contributed by atoms with van der Waals surface area (Å²) in [6, 6.07) is 2.31. The fourth-order valence-corrected chi connectivity index (χ4v) is 1.96. The Balaban J connectivity index is 2.54. The van der Waals surface area contributed by atoms with E-state index in [2.05, 4.69) is 38.3 Å².